The first-order chi connectivity index (χ1) is 17.0. The Morgan fingerprint density at radius 3 is 2.34 bits per heavy atom. The third-order valence-electron chi connectivity index (χ3n) is 5.31. The van der Waals surface area contributed by atoms with Crippen LogP contribution in [0.3, 0.4) is 0 Å². The molecule has 0 aliphatic carbocycles. The lowest BCUT2D eigenvalue weighted by molar-refractivity contribution is 0.0734. The van der Waals surface area contributed by atoms with E-state index in [-0.39, 0.29) is 11.3 Å². The van der Waals surface area contributed by atoms with Gasteiger partial charge in [0.25, 0.3) is 0 Å². The van der Waals surface area contributed by atoms with Crippen molar-refractivity contribution in [1.29, 1.82) is 0 Å². The normalized spacial score (nSPS) is 10.8. The van der Waals surface area contributed by atoms with E-state index in [4.69, 9.17) is 18.6 Å². The highest BCUT2D eigenvalue weighted by atomic mass is 32.1. The Morgan fingerprint density at radius 1 is 0.886 bits per heavy atom. The van der Waals surface area contributed by atoms with Gasteiger partial charge in [-0.2, -0.15) is 0 Å². The number of hydrogen-bond donors (Lipinski definition) is 0. The van der Waals surface area contributed by atoms with Crippen LogP contribution in [0.4, 0.5) is 0 Å². The monoisotopic (exact) mass is 485 g/mol. The average molecular weight is 486 g/mol. The lowest BCUT2D eigenvalue weighted by Crippen LogP contribution is -2.09. The minimum absolute atomic E-state index is 0.237. The van der Waals surface area contributed by atoms with Gasteiger partial charge in [0.1, 0.15) is 27.8 Å². The molecule has 3 aromatic carbocycles. The van der Waals surface area contributed by atoms with Gasteiger partial charge >= 0.3 is 11.6 Å². The summed E-state index contributed by atoms with van der Waals surface area (Å²) in [4.78, 5) is 30.0. The predicted molar refractivity (Wildman–Crippen MR) is 134 cm³/mol. The number of ether oxygens (including phenoxy) is 3. The molecular formula is C27H19NO6S. The largest absolute Gasteiger partial charge is 0.497 e. The summed E-state index contributed by atoms with van der Waals surface area (Å²) in [7, 11) is 3.00. The van der Waals surface area contributed by atoms with Crippen LogP contribution < -0.4 is 19.8 Å². The highest BCUT2D eigenvalue weighted by molar-refractivity contribution is 7.13. The molecule has 35 heavy (non-hydrogen) atoms. The number of carbonyl (C=O) groups is 1. The fraction of sp³-hybridized carbons (Fsp3) is 0.0741. The van der Waals surface area contributed by atoms with Crippen LogP contribution in [0.25, 0.3) is 32.8 Å². The zero-order valence-corrected chi connectivity index (χ0v) is 19.6. The van der Waals surface area contributed by atoms with Crippen LogP contribution >= 0.6 is 11.3 Å². The molecule has 7 nitrogen and oxygen atoms in total. The van der Waals surface area contributed by atoms with Crippen molar-refractivity contribution in [3.8, 4) is 39.1 Å². The van der Waals surface area contributed by atoms with Gasteiger partial charge in [-0.1, -0.05) is 30.3 Å². The van der Waals surface area contributed by atoms with E-state index in [0.717, 1.165) is 11.3 Å². The second-order valence-corrected chi connectivity index (χ2v) is 8.40. The zero-order chi connectivity index (χ0) is 24.4. The summed E-state index contributed by atoms with van der Waals surface area (Å²) < 4.78 is 21.4. The number of carbonyl (C=O) groups excluding carboxylic acids is 1. The number of nitrogens with zero attached hydrogens (tertiary/aromatic N) is 1. The average Bonchev–Trinajstić information content (AvgIpc) is 3.38. The van der Waals surface area contributed by atoms with E-state index in [2.05, 4.69) is 4.98 Å². The Morgan fingerprint density at radius 2 is 1.63 bits per heavy atom. The number of fused-ring (bicyclic) bond motifs is 1. The molecule has 5 aromatic rings. The first-order valence-corrected chi connectivity index (χ1v) is 11.5. The second-order valence-electron chi connectivity index (χ2n) is 7.54. The van der Waals surface area contributed by atoms with Crippen LogP contribution in [0.2, 0.25) is 0 Å². The number of aromatic nitrogens is 1. The van der Waals surface area contributed by atoms with Crippen molar-refractivity contribution in [2.45, 2.75) is 0 Å². The van der Waals surface area contributed by atoms with Crippen LogP contribution in [0.1, 0.15) is 10.4 Å². The van der Waals surface area contributed by atoms with Crippen LogP contribution in [-0.2, 0) is 0 Å². The van der Waals surface area contributed by atoms with Crippen molar-refractivity contribution in [2.24, 2.45) is 0 Å². The quantitative estimate of drug-likeness (QED) is 0.170. The van der Waals surface area contributed by atoms with Crippen molar-refractivity contribution >= 4 is 28.3 Å². The number of benzene rings is 3. The van der Waals surface area contributed by atoms with Gasteiger partial charge in [0, 0.05) is 28.5 Å². The van der Waals surface area contributed by atoms with Crippen molar-refractivity contribution in [3.63, 3.8) is 0 Å². The summed E-state index contributed by atoms with van der Waals surface area (Å²) in [6, 6.07) is 21.1. The van der Waals surface area contributed by atoms with Crippen LogP contribution in [0.15, 0.2) is 87.4 Å². The minimum atomic E-state index is -0.600. The fourth-order valence-corrected chi connectivity index (χ4v) is 4.37. The predicted octanol–water partition coefficient (Wildman–Crippen LogP) is 5.82. The van der Waals surface area contributed by atoms with Gasteiger partial charge in [-0.3, -0.25) is 0 Å². The highest BCUT2D eigenvalue weighted by Crippen LogP contribution is 2.30. The van der Waals surface area contributed by atoms with Gasteiger partial charge in [-0.15, -0.1) is 11.3 Å². The third-order valence-corrected chi connectivity index (χ3v) is 6.18. The second kappa shape index (κ2) is 9.44. The summed E-state index contributed by atoms with van der Waals surface area (Å²) in [5.41, 5.74) is 2.18. The third kappa shape index (κ3) is 4.64. The van der Waals surface area contributed by atoms with Crippen LogP contribution in [0.5, 0.6) is 17.2 Å². The molecule has 0 fully saturated rings. The molecule has 0 unspecified atom stereocenters. The van der Waals surface area contributed by atoms with Gasteiger partial charge in [0.15, 0.2) is 0 Å². The molecule has 2 aromatic heterocycles. The number of hydrogen-bond acceptors (Lipinski definition) is 8. The molecule has 2 heterocycles. The standard InChI is InChI=1S/C27H19NO6S/c1-31-20-10-18(11-21(13-20)32-2)26(29)33-19-9-8-17-12-22(27(30)34-24(17)14-19)25-28-23(15-35-25)16-6-4-3-5-7-16/h3-15H,1-2H3. The van der Waals surface area contributed by atoms with Gasteiger partial charge in [0.2, 0.25) is 0 Å². The summed E-state index contributed by atoms with van der Waals surface area (Å²) in [6.45, 7) is 0. The van der Waals surface area contributed by atoms with Gasteiger partial charge in [-0.05, 0) is 30.3 Å². The Bertz CT molecular complexity index is 1570. The Labute approximate surface area is 204 Å². The van der Waals surface area contributed by atoms with E-state index < -0.39 is 11.6 Å². The van der Waals surface area contributed by atoms with Crippen molar-refractivity contribution in [3.05, 3.63) is 94.2 Å². The molecule has 0 spiro atoms. The lowest BCUT2D eigenvalue weighted by Gasteiger charge is -2.09. The maximum atomic E-state index is 12.7. The van der Waals surface area contributed by atoms with E-state index in [9.17, 15) is 9.59 Å². The van der Waals surface area contributed by atoms with Gasteiger partial charge < -0.3 is 18.6 Å². The zero-order valence-electron chi connectivity index (χ0n) is 18.8. The topological polar surface area (TPSA) is 87.9 Å². The SMILES string of the molecule is COc1cc(OC)cc(C(=O)Oc2ccc3cc(-c4nc(-c5ccccc5)cs4)c(=O)oc3c2)c1. The molecular weight excluding hydrogens is 466 g/mol. The Hall–Kier alpha value is -4.43. The molecule has 5 rings (SSSR count). The van der Waals surface area contributed by atoms with E-state index >= 15 is 0 Å². The molecule has 0 saturated heterocycles. The first kappa shape index (κ1) is 22.4. The molecule has 0 saturated carbocycles. The van der Waals surface area contributed by atoms with Crippen molar-refractivity contribution < 1.29 is 23.4 Å². The Balaban J connectivity index is 1.42. The van der Waals surface area contributed by atoms with Gasteiger partial charge in [-0.25, -0.2) is 14.6 Å². The fourth-order valence-electron chi connectivity index (χ4n) is 3.53. The molecule has 0 atom stereocenters. The minimum Gasteiger partial charge on any atom is -0.497 e. The van der Waals surface area contributed by atoms with Crippen molar-refractivity contribution in [2.75, 3.05) is 14.2 Å². The maximum absolute atomic E-state index is 12.7. The van der Waals surface area contributed by atoms with E-state index in [1.165, 1.54) is 31.6 Å². The summed E-state index contributed by atoms with van der Waals surface area (Å²) in [5, 5.41) is 3.16. The molecule has 8 heteroatoms. The number of esters is 1. The van der Waals surface area contributed by atoms with E-state index in [1.807, 2.05) is 35.7 Å². The molecule has 0 amide bonds. The molecule has 0 aliphatic rings. The van der Waals surface area contributed by atoms with Crippen LogP contribution in [-0.4, -0.2) is 25.2 Å². The molecule has 0 aliphatic heterocycles. The highest BCUT2D eigenvalue weighted by Gasteiger charge is 2.16. The van der Waals surface area contributed by atoms with E-state index in [1.54, 1.807) is 36.4 Å². The van der Waals surface area contributed by atoms with E-state index in [0.29, 0.717) is 33.0 Å². The molecule has 0 N–H and O–H groups in total. The molecule has 0 bridgehead atoms. The maximum Gasteiger partial charge on any atom is 0.346 e. The molecule has 174 valence electrons. The Kier molecular flexibility index (Phi) is 6.03. The summed E-state index contributed by atoms with van der Waals surface area (Å²) >= 11 is 1.37. The molecule has 0 radical (unpaired) electrons. The number of thiazole rings is 1. The lowest BCUT2D eigenvalue weighted by atomic mass is 10.1. The summed E-state index contributed by atoms with van der Waals surface area (Å²) in [5.74, 6) is 0.564. The summed E-state index contributed by atoms with van der Waals surface area (Å²) in [6.07, 6.45) is 0. The van der Waals surface area contributed by atoms with Gasteiger partial charge in [0.05, 0.1) is 31.0 Å². The van der Waals surface area contributed by atoms with Crippen LogP contribution in [0, 0.1) is 0 Å². The number of rotatable bonds is 6. The smallest absolute Gasteiger partial charge is 0.346 e. The first-order valence-electron chi connectivity index (χ1n) is 10.6. The van der Waals surface area contributed by atoms with Crippen molar-refractivity contribution in [1.82, 2.24) is 4.98 Å². The number of methoxy groups -OCH3 is 2.